The van der Waals surface area contributed by atoms with E-state index in [1.807, 2.05) is 0 Å². The third-order valence-corrected chi connectivity index (χ3v) is 4.16. The van der Waals surface area contributed by atoms with Gasteiger partial charge in [0, 0.05) is 0 Å². The summed E-state index contributed by atoms with van der Waals surface area (Å²) in [7, 11) is 0. The van der Waals surface area contributed by atoms with E-state index in [0.29, 0.717) is 12.6 Å². The average Bonchev–Trinajstić information content (AvgIpc) is 2.45. The van der Waals surface area contributed by atoms with E-state index in [0.717, 1.165) is 0 Å². The Morgan fingerprint density at radius 2 is 1.81 bits per heavy atom. The summed E-state index contributed by atoms with van der Waals surface area (Å²) in [5, 5.41) is 12.2. The fourth-order valence-corrected chi connectivity index (χ4v) is 2.89. The second-order valence-electron chi connectivity index (χ2n) is 5.97. The monoisotopic (exact) mass is 296 g/mol. The molecule has 0 radical (unpaired) electrons. The minimum Gasteiger partial charge on any atom is -0.488 e. The molecule has 4 heteroatoms. The largest absolute Gasteiger partial charge is 0.488 e. The molecular weight excluding hydrogens is 269 g/mol. The maximum Gasteiger partial charge on any atom is 0.165 e. The van der Waals surface area contributed by atoms with Crippen LogP contribution >= 0.6 is 0 Å². The molecule has 0 amide bonds. The van der Waals surface area contributed by atoms with Gasteiger partial charge in [-0.1, -0.05) is 31.4 Å². The minimum atomic E-state index is -0.560. The number of rotatable bonds is 6. The van der Waals surface area contributed by atoms with Crippen molar-refractivity contribution in [1.29, 1.82) is 0 Å². The number of hydrogen-bond donors (Lipinski definition) is 2. The lowest BCUT2D eigenvalue weighted by molar-refractivity contribution is -0.696. The van der Waals surface area contributed by atoms with Crippen molar-refractivity contribution in [3.05, 3.63) is 30.1 Å². The van der Waals surface area contributed by atoms with Crippen LogP contribution in [0.5, 0.6) is 5.75 Å². The second kappa shape index (κ2) is 9.00. The molecule has 3 N–H and O–H groups in total. The van der Waals surface area contributed by atoms with Crippen molar-refractivity contribution >= 4 is 0 Å². The van der Waals surface area contributed by atoms with E-state index >= 15 is 0 Å². The van der Waals surface area contributed by atoms with Crippen LogP contribution in [-0.2, 0) is 0 Å². The number of para-hydroxylation sites is 1. The Kier molecular flexibility index (Phi) is 6.96. The number of benzene rings is 1. The molecule has 118 valence electrons. The van der Waals surface area contributed by atoms with Crippen LogP contribution in [0.2, 0.25) is 0 Å². The zero-order chi connectivity index (χ0) is 14.9. The highest BCUT2D eigenvalue weighted by Gasteiger charge is 2.16. The van der Waals surface area contributed by atoms with Gasteiger partial charge in [0.25, 0.3) is 0 Å². The highest BCUT2D eigenvalue weighted by atomic mass is 19.1. The van der Waals surface area contributed by atoms with Gasteiger partial charge in [-0.25, -0.2) is 4.39 Å². The average molecular weight is 296 g/mol. The molecule has 21 heavy (non-hydrogen) atoms. The molecule has 0 saturated heterocycles. The maximum atomic E-state index is 13.4. The zero-order valence-corrected chi connectivity index (χ0v) is 12.6. The lowest BCUT2D eigenvalue weighted by Crippen LogP contribution is -2.92. The van der Waals surface area contributed by atoms with Crippen LogP contribution in [-0.4, -0.2) is 30.4 Å². The van der Waals surface area contributed by atoms with Gasteiger partial charge in [-0.05, 0) is 37.8 Å². The Labute approximate surface area is 126 Å². The smallest absolute Gasteiger partial charge is 0.165 e. The highest BCUT2D eigenvalue weighted by Crippen LogP contribution is 2.16. The van der Waals surface area contributed by atoms with E-state index in [1.165, 1.54) is 51.0 Å². The van der Waals surface area contributed by atoms with Gasteiger partial charge < -0.3 is 15.2 Å². The maximum absolute atomic E-state index is 13.4. The van der Waals surface area contributed by atoms with Crippen LogP contribution in [0.1, 0.15) is 44.9 Å². The summed E-state index contributed by atoms with van der Waals surface area (Å²) in [5.41, 5.74) is 0. The number of aliphatic hydroxyl groups excluding tert-OH is 1. The van der Waals surface area contributed by atoms with E-state index in [1.54, 1.807) is 18.2 Å². The van der Waals surface area contributed by atoms with Gasteiger partial charge in [-0.15, -0.1) is 0 Å². The van der Waals surface area contributed by atoms with Crippen LogP contribution in [0.15, 0.2) is 24.3 Å². The predicted molar refractivity (Wildman–Crippen MR) is 80.8 cm³/mol. The van der Waals surface area contributed by atoms with Crippen LogP contribution in [0.4, 0.5) is 4.39 Å². The molecule has 0 aromatic heterocycles. The molecule has 0 unspecified atom stereocenters. The van der Waals surface area contributed by atoms with Gasteiger partial charge >= 0.3 is 0 Å². The van der Waals surface area contributed by atoms with Gasteiger partial charge in [-0.2, -0.15) is 0 Å². The number of aliphatic hydroxyl groups is 1. The van der Waals surface area contributed by atoms with Crippen LogP contribution in [0, 0.1) is 5.82 Å². The molecule has 0 spiro atoms. The first kappa shape index (κ1) is 16.2. The standard InChI is InChI=1S/C17H26FNO2/c18-16-10-6-7-11-17(16)21-13-15(20)12-19-14-8-4-2-1-3-5-9-14/h6-7,10-11,14-15,19-20H,1-5,8-9,12-13H2/p+1/t15-/m1/s1. The van der Waals surface area contributed by atoms with E-state index in [2.05, 4.69) is 5.32 Å². The Morgan fingerprint density at radius 3 is 2.52 bits per heavy atom. The summed E-state index contributed by atoms with van der Waals surface area (Å²) in [5.74, 6) is -0.170. The summed E-state index contributed by atoms with van der Waals surface area (Å²) in [6.07, 6.45) is 8.54. The molecule has 2 rings (SSSR count). The number of quaternary nitrogens is 1. The molecule has 1 aromatic carbocycles. The fraction of sp³-hybridized carbons (Fsp3) is 0.647. The van der Waals surface area contributed by atoms with Gasteiger partial charge in [-0.3, -0.25) is 0 Å². The van der Waals surface area contributed by atoms with Crippen molar-refractivity contribution < 1.29 is 19.6 Å². The molecule has 3 nitrogen and oxygen atoms in total. The Hall–Kier alpha value is -1.13. The van der Waals surface area contributed by atoms with Crippen molar-refractivity contribution in [2.24, 2.45) is 0 Å². The quantitative estimate of drug-likeness (QED) is 0.846. The van der Waals surface area contributed by atoms with Crippen molar-refractivity contribution in [2.75, 3.05) is 13.2 Å². The number of nitrogens with two attached hydrogens (primary N) is 1. The van der Waals surface area contributed by atoms with Crippen LogP contribution in [0.3, 0.4) is 0 Å². The second-order valence-corrected chi connectivity index (χ2v) is 5.97. The zero-order valence-electron chi connectivity index (χ0n) is 12.6. The Balaban J connectivity index is 1.67. The normalized spacial score (nSPS) is 18.8. The lowest BCUT2D eigenvalue weighted by atomic mass is 9.96. The Bertz CT molecular complexity index is 406. The fourth-order valence-electron chi connectivity index (χ4n) is 2.89. The van der Waals surface area contributed by atoms with Gasteiger partial charge in [0.1, 0.15) is 19.3 Å². The van der Waals surface area contributed by atoms with Crippen molar-refractivity contribution in [2.45, 2.75) is 57.1 Å². The van der Waals surface area contributed by atoms with Gasteiger partial charge in [0.05, 0.1) is 6.04 Å². The van der Waals surface area contributed by atoms with E-state index in [-0.39, 0.29) is 18.2 Å². The molecule has 0 bridgehead atoms. The van der Waals surface area contributed by atoms with E-state index in [4.69, 9.17) is 4.74 Å². The first-order chi connectivity index (χ1) is 10.3. The van der Waals surface area contributed by atoms with E-state index in [9.17, 15) is 9.50 Å². The van der Waals surface area contributed by atoms with Gasteiger partial charge in [0.15, 0.2) is 11.6 Å². The number of halogens is 1. The topological polar surface area (TPSA) is 46.1 Å². The van der Waals surface area contributed by atoms with Crippen molar-refractivity contribution in [1.82, 2.24) is 0 Å². The summed E-state index contributed by atoms with van der Waals surface area (Å²) in [6, 6.07) is 6.92. The summed E-state index contributed by atoms with van der Waals surface area (Å²) >= 11 is 0. The molecule has 1 aliphatic rings. The van der Waals surface area contributed by atoms with Crippen molar-refractivity contribution in [3.63, 3.8) is 0 Å². The molecule has 1 aromatic rings. The first-order valence-electron chi connectivity index (χ1n) is 8.14. The molecule has 1 fully saturated rings. The summed E-state index contributed by atoms with van der Waals surface area (Å²) < 4.78 is 18.7. The summed E-state index contributed by atoms with van der Waals surface area (Å²) in [6.45, 7) is 0.767. The molecular formula is C17H27FNO2+. The minimum absolute atomic E-state index is 0.143. The Morgan fingerprint density at radius 1 is 1.14 bits per heavy atom. The lowest BCUT2D eigenvalue weighted by Gasteiger charge is -2.20. The number of ether oxygens (including phenoxy) is 1. The number of hydrogen-bond acceptors (Lipinski definition) is 2. The predicted octanol–water partition coefficient (Wildman–Crippen LogP) is 2.24. The third kappa shape index (κ3) is 6.02. The molecule has 1 saturated carbocycles. The SMILES string of the molecule is O[C@H](C[NH2+]C1CCCCCCC1)COc1ccccc1F. The highest BCUT2D eigenvalue weighted by molar-refractivity contribution is 5.23. The molecule has 1 aliphatic carbocycles. The van der Waals surface area contributed by atoms with Crippen LogP contribution in [0.25, 0.3) is 0 Å². The van der Waals surface area contributed by atoms with E-state index < -0.39 is 6.10 Å². The van der Waals surface area contributed by atoms with Crippen LogP contribution < -0.4 is 10.1 Å². The molecule has 1 atom stereocenters. The third-order valence-electron chi connectivity index (χ3n) is 4.16. The van der Waals surface area contributed by atoms with Gasteiger partial charge in [0.2, 0.25) is 0 Å². The molecule has 0 aliphatic heterocycles. The molecule has 0 heterocycles. The van der Waals surface area contributed by atoms with Crippen molar-refractivity contribution in [3.8, 4) is 5.75 Å². The summed E-state index contributed by atoms with van der Waals surface area (Å²) in [4.78, 5) is 0. The first-order valence-corrected chi connectivity index (χ1v) is 8.14.